The van der Waals surface area contributed by atoms with E-state index >= 15 is 0 Å². The lowest BCUT2D eigenvalue weighted by atomic mass is 10.0. The summed E-state index contributed by atoms with van der Waals surface area (Å²) in [5, 5.41) is 14.9. The van der Waals surface area contributed by atoms with Crippen molar-refractivity contribution in [3.8, 4) is 39.9 Å². The summed E-state index contributed by atoms with van der Waals surface area (Å²) in [6.07, 6.45) is 6.43. The quantitative estimate of drug-likeness (QED) is 0.0316. The summed E-state index contributed by atoms with van der Waals surface area (Å²) < 4.78 is 25.4. The van der Waals surface area contributed by atoms with Crippen LogP contribution in [0.5, 0.6) is 23.0 Å². The number of fused-ring (bicyclic) bond motifs is 1. The molecule has 4 aromatic carbocycles. The smallest absolute Gasteiger partial charge is 0.163 e. The molecule has 0 aliphatic rings. The number of hydrogen-bond donors (Lipinski definition) is 5. The van der Waals surface area contributed by atoms with E-state index in [1.807, 2.05) is 72.9 Å². The van der Waals surface area contributed by atoms with Gasteiger partial charge in [0.1, 0.15) is 11.4 Å². The fraction of sp³-hybridized carbons (Fsp3) is 0.316. The minimum atomic E-state index is 0.464. The molecule has 0 amide bonds. The van der Waals surface area contributed by atoms with Crippen molar-refractivity contribution in [1.82, 2.24) is 15.0 Å². The van der Waals surface area contributed by atoms with Crippen molar-refractivity contribution in [2.24, 2.45) is 38.9 Å². The summed E-state index contributed by atoms with van der Waals surface area (Å²) in [4.78, 5) is 4.64. The first-order chi connectivity index (χ1) is 25.6. The molecule has 0 aliphatic carbocycles. The molecule has 14 heteroatoms. The van der Waals surface area contributed by atoms with Crippen molar-refractivity contribution < 1.29 is 18.9 Å². The fourth-order valence-corrected chi connectivity index (χ4v) is 5.15. The Kier molecular flexibility index (Phi) is 14.3. The lowest BCUT2D eigenvalue weighted by Crippen LogP contribution is -2.09. The second-order valence-electron chi connectivity index (χ2n) is 11.8. The lowest BCUT2D eigenvalue weighted by molar-refractivity contribution is 0.265. The van der Waals surface area contributed by atoms with E-state index in [0.29, 0.717) is 99.1 Å². The van der Waals surface area contributed by atoms with Gasteiger partial charge in [0.15, 0.2) is 23.0 Å². The first kappa shape index (κ1) is 37.7. The monoisotopic (exact) mass is 708 g/mol. The first-order valence-corrected chi connectivity index (χ1v) is 17.5. The summed E-state index contributed by atoms with van der Waals surface area (Å²) in [5.41, 5.74) is 26.9. The Labute approximate surface area is 303 Å². The maximum Gasteiger partial charge on any atom is 0.163 e. The highest BCUT2D eigenvalue weighted by Crippen LogP contribution is 2.33. The SMILES string of the molecule is NCCCOc1ccc(N=C/C(=N\N)c2ccc3ccc(-c4cn(-c5ccc(OCCCN)c(OCCCN)c5)nn4)cc3c2)cc1OCCCN. The van der Waals surface area contributed by atoms with Crippen molar-refractivity contribution >= 4 is 28.4 Å². The van der Waals surface area contributed by atoms with Crippen LogP contribution in [-0.4, -0.2) is 79.5 Å². The molecular formula is C38H48N10O4. The van der Waals surface area contributed by atoms with Gasteiger partial charge in [0.05, 0.1) is 50.2 Å². The van der Waals surface area contributed by atoms with Crippen LogP contribution in [0.15, 0.2) is 89.1 Å². The molecule has 52 heavy (non-hydrogen) atoms. The molecular weight excluding hydrogens is 660 g/mol. The number of hydrogen-bond acceptors (Lipinski definition) is 13. The molecule has 0 unspecified atom stereocenters. The maximum absolute atomic E-state index is 5.99. The van der Waals surface area contributed by atoms with Crippen LogP contribution in [0.4, 0.5) is 5.69 Å². The second kappa shape index (κ2) is 19.7. The van der Waals surface area contributed by atoms with Crippen LogP contribution < -0.4 is 47.7 Å². The molecule has 0 saturated heterocycles. The van der Waals surface area contributed by atoms with Gasteiger partial charge in [0.25, 0.3) is 0 Å². The van der Waals surface area contributed by atoms with E-state index in [0.717, 1.165) is 46.8 Å². The van der Waals surface area contributed by atoms with Crippen molar-refractivity contribution in [2.45, 2.75) is 25.7 Å². The molecule has 5 rings (SSSR count). The summed E-state index contributed by atoms with van der Waals surface area (Å²) in [7, 11) is 0. The van der Waals surface area contributed by atoms with Gasteiger partial charge in [-0.1, -0.05) is 29.5 Å². The third-order valence-electron chi connectivity index (χ3n) is 7.94. The van der Waals surface area contributed by atoms with Crippen LogP contribution in [0.2, 0.25) is 0 Å². The van der Waals surface area contributed by atoms with E-state index in [2.05, 4.69) is 26.5 Å². The molecule has 0 atom stereocenters. The van der Waals surface area contributed by atoms with Crippen LogP contribution in [0.3, 0.4) is 0 Å². The van der Waals surface area contributed by atoms with Gasteiger partial charge in [-0.2, -0.15) is 5.10 Å². The molecule has 1 heterocycles. The topological polar surface area (TPSA) is 222 Å². The third kappa shape index (κ3) is 10.3. The van der Waals surface area contributed by atoms with Gasteiger partial charge in [-0.25, -0.2) is 4.68 Å². The minimum Gasteiger partial charge on any atom is -0.490 e. The van der Waals surface area contributed by atoms with Crippen LogP contribution >= 0.6 is 0 Å². The molecule has 274 valence electrons. The predicted molar refractivity (Wildman–Crippen MR) is 206 cm³/mol. The number of nitrogens with zero attached hydrogens (tertiary/aromatic N) is 5. The Morgan fingerprint density at radius 1 is 0.635 bits per heavy atom. The van der Waals surface area contributed by atoms with E-state index in [9.17, 15) is 0 Å². The average Bonchev–Trinajstić information content (AvgIpc) is 3.67. The minimum absolute atomic E-state index is 0.464. The van der Waals surface area contributed by atoms with E-state index in [-0.39, 0.29) is 0 Å². The molecule has 1 aromatic heterocycles. The number of rotatable bonds is 21. The van der Waals surface area contributed by atoms with E-state index in [4.69, 9.17) is 47.7 Å². The zero-order valence-electron chi connectivity index (χ0n) is 29.3. The number of hydrazone groups is 1. The molecule has 0 spiro atoms. The molecule has 0 aliphatic heterocycles. The summed E-state index contributed by atoms with van der Waals surface area (Å²) in [5.74, 6) is 8.33. The molecule has 14 nitrogen and oxygen atoms in total. The van der Waals surface area contributed by atoms with Gasteiger partial charge in [-0.15, -0.1) is 5.10 Å². The fourth-order valence-electron chi connectivity index (χ4n) is 5.15. The summed E-state index contributed by atoms with van der Waals surface area (Å²) in [6.45, 7) is 4.07. The van der Waals surface area contributed by atoms with Crippen molar-refractivity contribution in [2.75, 3.05) is 52.6 Å². The van der Waals surface area contributed by atoms with Gasteiger partial charge >= 0.3 is 0 Å². The van der Waals surface area contributed by atoms with Crippen molar-refractivity contribution in [3.63, 3.8) is 0 Å². The summed E-state index contributed by atoms with van der Waals surface area (Å²) >= 11 is 0. The highest BCUT2D eigenvalue weighted by Gasteiger charge is 2.13. The first-order valence-electron chi connectivity index (χ1n) is 17.5. The second-order valence-corrected chi connectivity index (χ2v) is 11.8. The Balaban J connectivity index is 1.35. The molecule has 0 saturated carbocycles. The number of ether oxygens (including phenoxy) is 4. The van der Waals surface area contributed by atoms with Crippen LogP contribution in [0.1, 0.15) is 31.2 Å². The Hall–Kier alpha value is -5.54. The number of aliphatic imine (C=N–C) groups is 1. The largest absolute Gasteiger partial charge is 0.490 e. The number of benzene rings is 4. The molecule has 5 aromatic rings. The predicted octanol–water partition coefficient (Wildman–Crippen LogP) is 4.06. The van der Waals surface area contributed by atoms with E-state index in [1.165, 1.54) is 0 Å². The van der Waals surface area contributed by atoms with Crippen LogP contribution in [0, 0.1) is 0 Å². The Bertz CT molecular complexity index is 1940. The maximum atomic E-state index is 5.99. The molecule has 10 N–H and O–H groups in total. The van der Waals surface area contributed by atoms with Crippen LogP contribution in [-0.2, 0) is 0 Å². The van der Waals surface area contributed by atoms with Crippen LogP contribution in [0.25, 0.3) is 27.7 Å². The van der Waals surface area contributed by atoms with E-state index in [1.54, 1.807) is 10.9 Å². The Morgan fingerprint density at radius 2 is 1.23 bits per heavy atom. The summed E-state index contributed by atoms with van der Waals surface area (Å²) in [6, 6.07) is 23.3. The standard InChI is InChI=1S/C38H48N10O4/c39-13-1-17-49-35-11-9-31(23-37(35)51-19-3-15-41)44-25-33(45-43)28-7-5-27-6-8-29(22-30(27)21-28)34-26-48(47-46-34)32-10-12-36(50-18-2-14-40)38(24-32)52-20-4-16-42/h5-12,21-26H,1-4,13-20,39-43H2/b44-25?,45-33+. The van der Waals surface area contributed by atoms with Gasteiger partial charge in [-0.3, -0.25) is 4.99 Å². The average molecular weight is 709 g/mol. The zero-order chi connectivity index (χ0) is 36.5. The number of nitrogens with two attached hydrogens (primary N) is 5. The molecule has 0 fully saturated rings. The highest BCUT2D eigenvalue weighted by molar-refractivity contribution is 6.38. The van der Waals surface area contributed by atoms with Gasteiger partial charge in [0, 0.05) is 23.3 Å². The molecule has 0 bridgehead atoms. The van der Waals surface area contributed by atoms with Gasteiger partial charge in [-0.05, 0) is 99.0 Å². The van der Waals surface area contributed by atoms with Gasteiger partial charge in [0.2, 0.25) is 0 Å². The van der Waals surface area contributed by atoms with Gasteiger partial charge < -0.3 is 47.7 Å². The third-order valence-corrected chi connectivity index (χ3v) is 7.94. The van der Waals surface area contributed by atoms with Crippen molar-refractivity contribution in [1.29, 1.82) is 0 Å². The lowest BCUT2D eigenvalue weighted by Gasteiger charge is -2.14. The number of aromatic nitrogens is 3. The molecule has 0 radical (unpaired) electrons. The zero-order valence-corrected chi connectivity index (χ0v) is 29.3. The van der Waals surface area contributed by atoms with E-state index < -0.39 is 0 Å². The Morgan fingerprint density at radius 3 is 1.87 bits per heavy atom. The highest BCUT2D eigenvalue weighted by atomic mass is 16.5. The normalized spacial score (nSPS) is 11.7. The van der Waals surface area contributed by atoms with Crippen molar-refractivity contribution in [3.05, 3.63) is 84.6 Å².